The Morgan fingerprint density at radius 1 is 1.11 bits per heavy atom. The molecule has 1 amide bonds. The lowest BCUT2D eigenvalue weighted by Gasteiger charge is -2.07. The molecule has 0 bridgehead atoms. The van der Waals surface area contributed by atoms with E-state index in [0.29, 0.717) is 12.4 Å². The van der Waals surface area contributed by atoms with E-state index in [1.807, 2.05) is 56.3 Å². The van der Waals surface area contributed by atoms with Crippen molar-refractivity contribution in [1.82, 2.24) is 5.16 Å². The monoisotopic (exact) mass is 364 g/mol. The highest BCUT2D eigenvalue weighted by atomic mass is 16.5. The van der Waals surface area contributed by atoms with Crippen molar-refractivity contribution in [3.63, 3.8) is 0 Å². The molecule has 0 fully saturated rings. The van der Waals surface area contributed by atoms with E-state index in [-0.39, 0.29) is 11.6 Å². The zero-order chi connectivity index (χ0) is 19.2. The van der Waals surface area contributed by atoms with Gasteiger partial charge >= 0.3 is 0 Å². The maximum absolute atomic E-state index is 12.4. The lowest BCUT2D eigenvalue weighted by Crippen LogP contribution is -2.13. The molecule has 5 heteroatoms. The highest BCUT2D eigenvalue weighted by Gasteiger charge is 2.15. The second kappa shape index (κ2) is 8.54. The fourth-order valence-electron chi connectivity index (χ4n) is 2.71. The Kier molecular flexibility index (Phi) is 5.91. The van der Waals surface area contributed by atoms with Crippen LogP contribution in [0, 0.1) is 13.8 Å². The van der Waals surface area contributed by atoms with Crippen molar-refractivity contribution in [2.24, 2.45) is 0 Å². The number of aryl methyl sites for hydroxylation is 2. The number of ether oxygens (including phenoxy) is 1. The molecule has 140 valence electrons. The molecule has 0 spiro atoms. The van der Waals surface area contributed by atoms with E-state index in [1.54, 1.807) is 6.07 Å². The third-order valence-corrected chi connectivity index (χ3v) is 4.28. The number of aromatic nitrogens is 1. The first-order chi connectivity index (χ1) is 13.1. The minimum absolute atomic E-state index is 0.244. The number of carbonyl (C=O) groups is 1. The Morgan fingerprint density at radius 3 is 2.59 bits per heavy atom. The van der Waals surface area contributed by atoms with Gasteiger partial charge in [0.25, 0.3) is 5.91 Å². The number of hydrogen-bond donors (Lipinski definition) is 1. The molecule has 1 heterocycles. The third kappa shape index (κ3) is 4.76. The van der Waals surface area contributed by atoms with Crippen molar-refractivity contribution in [3.05, 3.63) is 65.4 Å². The Labute approximate surface area is 159 Å². The fraction of sp³-hybridized carbons (Fsp3) is 0.273. The number of unbranched alkanes of at least 4 members (excludes halogenated alkanes) is 1. The first-order valence-corrected chi connectivity index (χ1v) is 9.15. The van der Waals surface area contributed by atoms with Crippen molar-refractivity contribution in [1.29, 1.82) is 0 Å². The molecule has 0 saturated carbocycles. The van der Waals surface area contributed by atoms with Gasteiger partial charge in [-0.1, -0.05) is 36.2 Å². The minimum atomic E-state index is -0.295. The standard InChI is InChI=1S/C22H24N2O3/c1-4-5-12-26-18-9-7-17(8-10-18)21-14-20(24-27-21)22(25)23-19-11-6-15(2)13-16(19)3/h6-11,13-14H,4-5,12H2,1-3H3,(H,23,25). The Balaban J connectivity index is 1.67. The van der Waals surface area contributed by atoms with Crippen LogP contribution in [0.3, 0.4) is 0 Å². The number of nitrogens with one attached hydrogen (secondary N) is 1. The van der Waals surface area contributed by atoms with Gasteiger partial charge in [-0.2, -0.15) is 0 Å². The van der Waals surface area contributed by atoms with Crippen LogP contribution in [-0.4, -0.2) is 17.7 Å². The lowest BCUT2D eigenvalue weighted by atomic mass is 10.1. The maximum Gasteiger partial charge on any atom is 0.277 e. The summed E-state index contributed by atoms with van der Waals surface area (Å²) < 4.78 is 11.0. The molecule has 0 saturated heterocycles. The van der Waals surface area contributed by atoms with Crippen LogP contribution in [0.15, 0.2) is 53.1 Å². The third-order valence-electron chi connectivity index (χ3n) is 4.28. The van der Waals surface area contributed by atoms with Crippen LogP contribution in [0.4, 0.5) is 5.69 Å². The van der Waals surface area contributed by atoms with Gasteiger partial charge in [0.05, 0.1) is 6.61 Å². The number of benzene rings is 2. The molecule has 1 N–H and O–H groups in total. The number of nitrogens with zero attached hydrogens (tertiary/aromatic N) is 1. The lowest BCUT2D eigenvalue weighted by molar-refractivity contribution is 0.101. The maximum atomic E-state index is 12.4. The summed E-state index contributed by atoms with van der Waals surface area (Å²) in [6, 6.07) is 15.1. The molecule has 0 aliphatic heterocycles. The highest BCUT2D eigenvalue weighted by molar-refractivity contribution is 6.03. The van der Waals surface area contributed by atoms with Crippen LogP contribution in [-0.2, 0) is 0 Å². The van der Waals surface area contributed by atoms with Crippen LogP contribution >= 0.6 is 0 Å². The summed E-state index contributed by atoms with van der Waals surface area (Å²) >= 11 is 0. The van der Waals surface area contributed by atoms with E-state index < -0.39 is 0 Å². The van der Waals surface area contributed by atoms with E-state index in [1.165, 1.54) is 0 Å². The molecule has 1 aromatic heterocycles. The average molecular weight is 364 g/mol. The number of rotatable bonds is 7. The Bertz CT molecular complexity index is 914. The smallest absolute Gasteiger partial charge is 0.277 e. The van der Waals surface area contributed by atoms with Crippen molar-refractivity contribution in [2.45, 2.75) is 33.6 Å². The van der Waals surface area contributed by atoms with Crippen LogP contribution in [0.1, 0.15) is 41.4 Å². The van der Waals surface area contributed by atoms with Crippen LogP contribution in [0.25, 0.3) is 11.3 Å². The van der Waals surface area contributed by atoms with Gasteiger partial charge in [-0.3, -0.25) is 4.79 Å². The molecule has 2 aromatic carbocycles. The van der Waals surface area contributed by atoms with Gasteiger partial charge in [0.15, 0.2) is 11.5 Å². The quantitative estimate of drug-likeness (QED) is 0.571. The predicted molar refractivity (Wildman–Crippen MR) is 106 cm³/mol. The normalized spacial score (nSPS) is 10.6. The summed E-state index contributed by atoms with van der Waals surface area (Å²) in [5.41, 5.74) is 4.01. The molecule has 0 radical (unpaired) electrons. The predicted octanol–water partition coefficient (Wildman–Crippen LogP) is 5.39. The topological polar surface area (TPSA) is 64.4 Å². The summed E-state index contributed by atoms with van der Waals surface area (Å²) in [7, 11) is 0. The number of carbonyl (C=O) groups excluding carboxylic acids is 1. The van der Waals surface area contributed by atoms with Crippen LogP contribution in [0.2, 0.25) is 0 Å². The zero-order valence-electron chi connectivity index (χ0n) is 15.9. The Hall–Kier alpha value is -3.08. The van der Waals surface area contributed by atoms with Gasteiger partial charge < -0.3 is 14.6 Å². The molecular weight excluding hydrogens is 340 g/mol. The number of anilines is 1. The molecule has 0 aliphatic rings. The summed E-state index contributed by atoms with van der Waals surface area (Å²) in [5, 5.41) is 6.78. The van der Waals surface area contributed by atoms with Crippen molar-refractivity contribution < 1.29 is 14.1 Å². The molecular formula is C22H24N2O3. The summed E-state index contributed by atoms with van der Waals surface area (Å²) in [6.45, 7) is 6.81. The van der Waals surface area contributed by atoms with E-state index in [2.05, 4.69) is 17.4 Å². The molecule has 27 heavy (non-hydrogen) atoms. The van der Waals surface area contributed by atoms with Crippen LogP contribution in [0.5, 0.6) is 5.75 Å². The van der Waals surface area contributed by atoms with E-state index in [9.17, 15) is 4.79 Å². The fourth-order valence-corrected chi connectivity index (χ4v) is 2.71. The van der Waals surface area contributed by atoms with Gasteiger partial charge in [0, 0.05) is 17.3 Å². The van der Waals surface area contributed by atoms with Gasteiger partial charge in [-0.25, -0.2) is 0 Å². The number of hydrogen-bond acceptors (Lipinski definition) is 4. The first-order valence-electron chi connectivity index (χ1n) is 9.15. The van der Waals surface area contributed by atoms with Crippen molar-refractivity contribution >= 4 is 11.6 Å². The molecule has 0 atom stereocenters. The molecule has 3 aromatic rings. The average Bonchev–Trinajstić information content (AvgIpc) is 3.15. The molecule has 0 aliphatic carbocycles. The van der Waals surface area contributed by atoms with Gasteiger partial charge in [0.1, 0.15) is 5.75 Å². The van der Waals surface area contributed by atoms with Crippen LogP contribution < -0.4 is 10.1 Å². The first kappa shape index (κ1) is 18.7. The second-order valence-electron chi connectivity index (χ2n) is 6.58. The number of amides is 1. The zero-order valence-corrected chi connectivity index (χ0v) is 15.9. The molecule has 0 unspecified atom stereocenters. The SMILES string of the molecule is CCCCOc1ccc(-c2cc(C(=O)Nc3ccc(C)cc3C)no2)cc1. The summed E-state index contributed by atoms with van der Waals surface area (Å²) in [4.78, 5) is 12.4. The van der Waals surface area contributed by atoms with E-state index in [4.69, 9.17) is 9.26 Å². The van der Waals surface area contributed by atoms with Gasteiger partial charge in [-0.15, -0.1) is 0 Å². The van der Waals surface area contributed by atoms with Gasteiger partial charge in [-0.05, 0) is 56.2 Å². The van der Waals surface area contributed by atoms with Crippen molar-refractivity contribution in [3.8, 4) is 17.1 Å². The molecule has 3 rings (SSSR count). The summed E-state index contributed by atoms with van der Waals surface area (Å²) in [6.07, 6.45) is 2.13. The van der Waals surface area contributed by atoms with E-state index in [0.717, 1.165) is 41.0 Å². The minimum Gasteiger partial charge on any atom is -0.494 e. The Morgan fingerprint density at radius 2 is 1.89 bits per heavy atom. The van der Waals surface area contributed by atoms with Crippen molar-refractivity contribution in [2.75, 3.05) is 11.9 Å². The highest BCUT2D eigenvalue weighted by Crippen LogP contribution is 2.24. The molecule has 5 nitrogen and oxygen atoms in total. The summed E-state index contributed by atoms with van der Waals surface area (Å²) in [5.74, 6) is 1.07. The van der Waals surface area contributed by atoms with Gasteiger partial charge in [0.2, 0.25) is 0 Å². The second-order valence-corrected chi connectivity index (χ2v) is 6.58. The van der Waals surface area contributed by atoms with E-state index >= 15 is 0 Å². The largest absolute Gasteiger partial charge is 0.494 e.